The molecule has 9 nitrogen and oxygen atoms in total. The van der Waals surface area contributed by atoms with E-state index in [-0.39, 0.29) is 0 Å². The first-order valence-corrected chi connectivity index (χ1v) is 10.2. The second-order valence-corrected chi connectivity index (χ2v) is 7.70. The highest BCUT2D eigenvalue weighted by Crippen LogP contribution is 2.40. The Hall–Kier alpha value is -3.93. The molecule has 2 aliphatic heterocycles. The summed E-state index contributed by atoms with van der Waals surface area (Å²) in [6.45, 7) is 1.95. The van der Waals surface area contributed by atoms with Crippen LogP contribution in [-0.2, 0) is 7.05 Å². The first-order chi connectivity index (χ1) is 15.2. The standard InChI is InChI=1S/C22H21N7O2/c1-27-14-25-26-20(27)15-6-9-28(10-7-15)19-16(12-23)4-2-5-17(19)18-13-24-22(30)29-8-3-11-31-21(18)29/h2-5,8,13-15H,6-7,9-11H2,1H3. The van der Waals surface area contributed by atoms with Crippen LogP contribution >= 0.6 is 0 Å². The maximum atomic E-state index is 12.2. The van der Waals surface area contributed by atoms with Crippen molar-refractivity contribution < 1.29 is 4.74 Å². The fourth-order valence-electron chi connectivity index (χ4n) is 4.41. The van der Waals surface area contributed by atoms with Crippen LogP contribution in [0.1, 0.15) is 30.1 Å². The highest BCUT2D eigenvalue weighted by atomic mass is 16.5. The smallest absolute Gasteiger partial charge is 0.354 e. The van der Waals surface area contributed by atoms with E-state index in [2.05, 4.69) is 26.2 Å². The van der Waals surface area contributed by atoms with E-state index >= 15 is 0 Å². The SMILES string of the molecule is Cn1cnnc1C1CCN(c2c(C#N)cccc2-c2cnc(=O)n3c2OCC=C3)CC1. The average Bonchev–Trinajstić information content (AvgIpc) is 3.25. The van der Waals surface area contributed by atoms with Crippen LogP contribution in [0, 0.1) is 11.3 Å². The summed E-state index contributed by atoms with van der Waals surface area (Å²) in [5, 5.41) is 18.1. The molecule has 2 aromatic heterocycles. The number of benzene rings is 1. The van der Waals surface area contributed by atoms with Gasteiger partial charge >= 0.3 is 5.69 Å². The van der Waals surface area contributed by atoms with Gasteiger partial charge in [0.1, 0.15) is 24.8 Å². The number of ether oxygens (including phenoxy) is 1. The lowest BCUT2D eigenvalue weighted by molar-refractivity contribution is 0.332. The number of aromatic nitrogens is 5. The number of piperidine rings is 1. The van der Waals surface area contributed by atoms with Crippen molar-refractivity contribution in [3.8, 4) is 23.1 Å². The van der Waals surface area contributed by atoms with Gasteiger partial charge in [0.2, 0.25) is 5.88 Å². The number of nitrogens with zero attached hydrogens (tertiary/aromatic N) is 7. The van der Waals surface area contributed by atoms with Gasteiger partial charge in [-0.3, -0.25) is 0 Å². The van der Waals surface area contributed by atoms with E-state index in [1.165, 1.54) is 4.57 Å². The van der Waals surface area contributed by atoms with Crippen molar-refractivity contribution in [2.75, 3.05) is 24.6 Å². The largest absolute Gasteiger partial charge is 0.474 e. The van der Waals surface area contributed by atoms with Gasteiger partial charge in [-0.25, -0.2) is 14.3 Å². The number of anilines is 1. The molecule has 1 saturated heterocycles. The van der Waals surface area contributed by atoms with Gasteiger partial charge in [0.15, 0.2) is 0 Å². The van der Waals surface area contributed by atoms with Crippen LogP contribution < -0.4 is 15.3 Å². The van der Waals surface area contributed by atoms with Crippen molar-refractivity contribution in [2.24, 2.45) is 7.05 Å². The number of hydrogen-bond donors (Lipinski definition) is 0. The van der Waals surface area contributed by atoms with E-state index in [9.17, 15) is 10.1 Å². The predicted molar refractivity (Wildman–Crippen MR) is 115 cm³/mol. The van der Waals surface area contributed by atoms with Gasteiger partial charge in [-0.05, 0) is 25.0 Å². The number of rotatable bonds is 3. The summed E-state index contributed by atoms with van der Waals surface area (Å²) in [5.41, 5.74) is 2.58. The summed E-state index contributed by atoms with van der Waals surface area (Å²) in [7, 11) is 1.97. The summed E-state index contributed by atoms with van der Waals surface area (Å²) in [6, 6.07) is 7.96. The van der Waals surface area contributed by atoms with Crippen molar-refractivity contribution >= 4 is 11.9 Å². The zero-order chi connectivity index (χ0) is 21.4. The first kappa shape index (κ1) is 19.1. The third-order valence-corrected chi connectivity index (χ3v) is 5.90. The molecule has 5 rings (SSSR count). The minimum Gasteiger partial charge on any atom is -0.474 e. The molecule has 0 saturated carbocycles. The zero-order valence-electron chi connectivity index (χ0n) is 17.1. The Morgan fingerprint density at radius 3 is 2.81 bits per heavy atom. The number of fused-ring (bicyclic) bond motifs is 1. The summed E-state index contributed by atoms with van der Waals surface area (Å²) in [5.74, 6) is 1.78. The highest BCUT2D eigenvalue weighted by Gasteiger charge is 2.28. The normalized spacial score (nSPS) is 15.9. The van der Waals surface area contributed by atoms with E-state index in [0.29, 0.717) is 29.5 Å². The third kappa shape index (κ3) is 3.26. The summed E-state index contributed by atoms with van der Waals surface area (Å²) in [6.07, 6.45) is 8.54. The van der Waals surface area contributed by atoms with E-state index in [4.69, 9.17) is 4.74 Å². The Kier molecular flexibility index (Phi) is 4.75. The van der Waals surface area contributed by atoms with Crippen molar-refractivity contribution in [1.29, 1.82) is 5.26 Å². The number of nitriles is 1. The molecule has 3 aromatic rings. The molecule has 1 aromatic carbocycles. The number of aryl methyl sites for hydroxylation is 1. The molecular formula is C22H21N7O2. The molecule has 0 radical (unpaired) electrons. The minimum atomic E-state index is -0.392. The van der Waals surface area contributed by atoms with E-state index in [1.807, 2.05) is 29.8 Å². The van der Waals surface area contributed by atoms with E-state index < -0.39 is 5.69 Å². The molecule has 4 heterocycles. The third-order valence-electron chi connectivity index (χ3n) is 5.90. The molecule has 0 bridgehead atoms. The predicted octanol–water partition coefficient (Wildman–Crippen LogP) is 2.16. The van der Waals surface area contributed by atoms with Gasteiger partial charge in [0.05, 0.1) is 16.8 Å². The van der Waals surface area contributed by atoms with Gasteiger partial charge < -0.3 is 14.2 Å². The molecule has 0 spiro atoms. The Labute approximate surface area is 178 Å². The second kappa shape index (κ2) is 7.72. The lowest BCUT2D eigenvalue weighted by atomic mass is 9.93. The van der Waals surface area contributed by atoms with Gasteiger partial charge in [0, 0.05) is 44.0 Å². The lowest BCUT2D eigenvalue weighted by Crippen LogP contribution is -2.34. The maximum absolute atomic E-state index is 12.2. The van der Waals surface area contributed by atoms with Crippen molar-refractivity contribution in [3.05, 3.63) is 58.7 Å². The van der Waals surface area contributed by atoms with Crippen LogP contribution in [0.25, 0.3) is 17.3 Å². The molecule has 0 aliphatic carbocycles. The van der Waals surface area contributed by atoms with Crippen molar-refractivity contribution in [3.63, 3.8) is 0 Å². The lowest BCUT2D eigenvalue weighted by Gasteiger charge is -2.35. The van der Waals surface area contributed by atoms with Crippen LogP contribution in [0.3, 0.4) is 0 Å². The molecule has 0 N–H and O–H groups in total. The molecule has 0 atom stereocenters. The van der Waals surface area contributed by atoms with Crippen LogP contribution in [-0.4, -0.2) is 44.0 Å². The monoisotopic (exact) mass is 415 g/mol. The van der Waals surface area contributed by atoms with Gasteiger partial charge in [0.25, 0.3) is 0 Å². The minimum absolute atomic E-state index is 0.333. The van der Waals surface area contributed by atoms with Crippen molar-refractivity contribution in [1.82, 2.24) is 24.3 Å². The highest BCUT2D eigenvalue weighted by molar-refractivity contribution is 5.85. The average molecular weight is 415 g/mol. The molecule has 156 valence electrons. The molecule has 1 fully saturated rings. The van der Waals surface area contributed by atoms with E-state index in [0.717, 1.165) is 43.0 Å². The Morgan fingerprint density at radius 1 is 1.23 bits per heavy atom. The van der Waals surface area contributed by atoms with Crippen LogP contribution in [0.15, 0.2) is 41.6 Å². The van der Waals surface area contributed by atoms with Crippen LogP contribution in [0.2, 0.25) is 0 Å². The Balaban J connectivity index is 1.54. The van der Waals surface area contributed by atoms with Gasteiger partial charge in [-0.15, -0.1) is 10.2 Å². The molecule has 0 amide bonds. The second-order valence-electron chi connectivity index (χ2n) is 7.70. The molecule has 9 heteroatoms. The number of hydrogen-bond acceptors (Lipinski definition) is 7. The number of para-hydroxylation sites is 1. The molecule has 2 aliphatic rings. The molecule has 0 unspecified atom stereocenters. The first-order valence-electron chi connectivity index (χ1n) is 10.2. The van der Waals surface area contributed by atoms with Crippen molar-refractivity contribution in [2.45, 2.75) is 18.8 Å². The Bertz CT molecular complexity index is 1260. The zero-order valence-corrected chi connectivity index (χ0v) is 17.1. The fraction of sp³-hybridized carbons (Fsp3) is 0.318. The maximum Gasteiger partial charge on any atom is 0.354 e. The summed E-state index contributed by atoms with van der Waals surface area (Å²) in [4.78, 5) is 18.4. The quantitative estimate of drug-likeness (QED) is 0.646. The molecule has 31 heavy (non-hydrogen) atoms. The fourth-order valence-corrected chi connectivity index (χ4v) is 4.41. The van der Waals surface area contributed by atoms with Gasteiger partial charge in [-0.1, -0.05) is 12.1 Å². The van der Waals surface area contributed by atoms with Gasteiger partial charge in [-0.2, -0.15) is 5.26 Å². The van der Waals surface area contributed by atoms with Crippen LogP contribution in [0.5, 0.6) is 5.88 Å². The topological polar surface area (TPSA) is 102 Å². The summed E-state index contributed by atoms with van der Waals surface area (Å²) < 4.78 is 9.18. The molecular weight excluding hydrogens is 394 g/mol. The van der Waals surface area contributed by atoms with Crippen LogP contribution in [0.4, 0.5) is 5.69 Å². The summed E-state index contributed by atoms with van der Waals surface area (Å²) >= 11 is 0. The van der Waals surface area contributed by atoms with E-state index in [1.54, 1.807) is 24.8 Å². The Morgan fingerprint density at radius 2 is 2.06 bits per heavy atom.